The summed E-state index contributed by atoms with van der Waals surface area (Å²) in [6, 6.07) is 9.80. The van der Waals surface area contributed by atoms with Gasteiger partial charge in [-0.15, -0.1) is 0 Å². The van der Waals surface area contributed by atoms with E-state index >= 15 is 0 Å². The van der Waals surface area contributed by atoms with Crippen LogP contribution in [0, 0.1) is 13.8 Å². The van der Waals surface area contributed by atoms with Crippen molar-refractivity contribution in [3.05, 3.63) is 41.7 Å². The zero-order valence-corrected chi connectivity index (χ0v) is 12.0. The number of carbonyl (C=O) groups excluding carboxylic acids is 1. The molecule has 0 radical (unpaired) electrons. The molecule has 20 heavy (non-hydrogen) atoms. The second kappa shape index (κ2) is 6.23. The van der Waals surface area contributed by atoms with Gasteiger partial charge in [-0.25, -0.2) is 0 Å². The van der Waals surface area contributed by atoms with Crippen LogP contribution in [0.2, 0.25) is 0 Å². The molecule has 1 heterocycles. The van der Waals surface area contributed by atoms with Crippen molar-refractivity contribution in [3.63, 3.8) is 0 Å². The number of aromatic nitrogens is 1. The summed E-state index contributed by atoms with van der Waals surface area (Å²) in [6.07, 6.45) is 0. The molecule has 0 unspecified atom stereocenters. The highest BCUT2D eigenvalue weighted by Crippen LogP contribution is 2.15. The van der Waals surface area contributed by atoms with E-state index in [9.17, 15) is 4.79 Å². The average Bonchev–Trinajstić information content (AvgIpc) is 2.81. The summed E-state index contributed by atoms with van der Waals surface area (Å²) >= 11 is 0. The first kappa shape index (κ1) is 14.1. The van der Waals surface area contributed by atoms with E-state index in [1.165, 1.54) is 5.56 Å². The molecule has 0 saturated heterocycles. The molecule has 0 spiro atoms. The third-order valence-corrected chi connectivity index (χ3v) is 2.98. The van der Waals surface area contributed by atoms with Crippen LogP contribution in [0.4, 0.5) is 11.5 Å². The van der Waals surface area contributed by atoms with Crippen molar-refractivity contribution < 1.29 is 9.32 Å². The molecular formula is C15H19N3O2. The number of hydrogen-bond acceptors (Lipinski definition) is 4. The van der Waals surface area contributed by atoms with Crippen molar-refractivity contribution in [1.82, 2.24) is 5.16 Å². The number of nitrogens with one attached hydrogen (secondary N) is 1. The molecule has 2 aromatic rings. The van der Waals surface area contributed by atoms with E-state index in [-0.39, 0.29) is 12.5 Å². The van der Waals surface area contributed by atoms with Gasteiger partial charge in [-0.1, -0.05) is 17.3 Å². The highest BCUT2D eigenvalue weighted by Gasteiger charge is 2.11. The molecule has 2 rings (SSSR count). The Kier molecular flexibility index (Phi) is 4.40. The van der Waals surface area contributed by atoms with E-state index in [2.05, 4.69) is 16.5 Å². The van der Waals surface area contributed by atoms with Gasteiger partial charge >= 0.3 is 0 Å². The lowest BCUT2D eigenvalue weighted by Crippen LogP contribution is -2.33. The SMILES string of the molecule is CCN(CC(=O)Nc1cc(C)on1)c1cccc(C)c1. The van der Waals surface area contributed by atoms with E-state index < -0.39 is 0 Å². The summed E-state index contributed by atoms with van der Waals surface area (Å²) in [5.74, 6) is 1.01. The van der Waals surface area contributed by atoms with E-state index in [1.807, 2.05) is 36.9 Å². The first-order valence-electron chi connectivity index (χ1n) is 6.63. The van der Waals surface area contributed by atoms with E-state index in [4.69, 9.17) is 4.52 Å². The molecule has 1 amide bonds. The van der Waals surface area contributed by atoms with Gasteiger partial charge in [-0.2, -0.15) is 0 Å². The first-order valence-corrected chi connectivity index (χ1v) is 6.63. The molecule has 0 aliphatic heterocycles. The number of carbonyl (C=O) groups is 1. The molecule has 106 valence electrons. The molecule has 0 atom stereocenters. The van der Waals surface area contributed by atoms with Crippen molar-refractivity contribution in [2.75, 3.05) is 23.3 Å². The smallest absolute Gasteiger partial charge is 0.245 e. The van der Waals surface area contributed by atoms with E-state index in [1.54, 1.807) is 13.0 Å². The minimum Gasteiger partial charge on any atom is -0.362 e. The van der Waals surface area contributed by atoms with Crippen LogP contribution >= 0.6 is 0 Å². The van der Waals surface area contributed by atoms with Crippen LogP contribution in [0.1, 0.15) is 18.2 Å². The normalized spacial score (nSPS) is 10.3. The highest BCUT2D eigenvalue weighted by molar-refractivity contribution is 5.93. The quantitative estimate of drug-likeness (QED) is 0.910. The lowest BCUT2D eigenvalue weighted by Gasteiger charge is -2.22. The summed E-state index contributed by atoms with van der Waals surface area (Å²) < 4.78 is 4.92. The summed E-state index contributed by atoms with van der Waals surface area (Å²) in [7, 11) is 0. The van der Waals surface area contributed by atoms with Crippen LogP contribution in [0.15, 0.2) is 34.9 Å². The summed E-state index contributed by atoms with van der Waals surface area (Å²) in [4.78, 5) is 14.0. The maximum atomic E-state index is 12.0. The van der Waals surface area contributed by atoms with Gasteiger partial charge in [0.2, 0.25) is 5.91 Å². The Balaban J connectivity index is 2.01. The van der Waals surface area contributed by atoms with E-state index in [0.29, 0.717) is 11.6 Å². The van der Waals surface area contributed by atoms with Crippen LogP contribution in [0.25, 0.3) is 0 Å². The summed E-state index contributed by atoms with van der Waals surface area (Å²) in [5.41, 5.74) is 2.22. The van der Waals surface area contributed by atoms with Crippen molar-refractivity contribution in [2.24, 2.45) is 0 Å². The topological polar surface area (TPSA) is 58.4 Å². The predicted octanol–water partition coefficient (Wildman–Crippen LogP) is 2.76. The molecule has 0 bridgehead atoms. The molecule has 0 aliphatic rings. The molecule has 1 N–H and O–H groups in total. The first-order chi connectivity index (χ1) is 9.58. The van der Waals surface area contributed by atoms with Crippen LogP contribution in [0.3, 0.4) is 0 Å². The lowest BCUT2D eigenvalue weighted by atomic mass is 10.2. The monoisotopic (exact) mass is 273 g/mol. The molecule has 1 aromatic carbocycles. The van der Waals surface area contributed by atoms with Gasteiger partial charge in [0, 0.05) is 18.3 Å². The molecule has 1 aromatic heterocycles. The number of benzene rings is 1. The Morgan fingerprint density at radius 2 is 2.15 bits per heavy atom. The maximum Gasteiger partial charge on any atom is 0.245 e. The predicted molar refractivity (Wildman–Crippen MR) is 78.9 cm³/mol. The number of amides is 1. The number of nitrogens with zero attached hydrogens (tertiary/aromatic N) is 2. The van der Waals surface area contributed by atoms with Gasteiger partial charge in [-0.05, 0) is 38.5 Å². The minimum absolute atomic E-state index is 0.110. The third-order valence-electron chi connectivity index (χ3n) is 2.98. The molecule has 0 aliphatic carbocycles. The molecule has 0 saturated carbocycles. The van der Waals surface area contributed by atoms with E-state index in [0.717, 1.165) is 12.2 Å². The largest absolute Gasteiger partial charge is 0.362 e. The van der Waals surface area contributed by atoms with Gasteiger partial charge in [0.25, 0.3) is 0 Å². The Labute approximate surface area is 118 Å². The van der Waals surface area contributed by atoms with Gasteiger partial charge < -0.3 is 14.7 Å². The zero-order valence-electron chi connectivity index (χ0n) is 12.0. The number of aryl methyl sites for hydroxylation is 2. The van der Waals surface area contributed by atoms with Crippen LogP contribution < -0.4 is 10.2 Å². The highest BCUT2D eigenvalue weighted by atomic mass is 16.5. The summed E-state index contributed by atoms with van der Waals surface area (Å²) in [5, 5.41) is 6.48. The van der Waals surface area contributed by atoms with Crippen molar-refractivity contribution >= 4 is 17.4 Å². The van der Waals surface area contributed by atoms with Gasteiger partial charge in [0.05, 0.1) is 6.54 Å². The van der Waals surface area contributed by atoms with Gasteiger partial charge in [-0.3, -0.25) is 4.79 Å². The number of anilines is 2. The van der Waals surface area contributed by atoms with Crippen LogP contribution in [-0.2, 0) is 4.79 Å². The Bertz CT molecular complexity index is 592. The molecule has 5 nitrogen and oxygen atoms in total. The number of likely N-dealkylation sites (N-methyl/N-ethyl adjacent to an activating group) is 1. The van der Waals surface area contributed by atoms with Crippen LogP contribution in [-0.4, -0.2) is 24.2 Å². The second-order valence-corrected chi connectivity index (χ2v) is 4.72. The van der Waals surface area contributed by atoms with Gasteiger partial charge in [0.15, 0.2) is 5.82 Å². The average molecular weight is 273 g/mol. The Morgan fingerprint density at radius 3 is 2.75 bits per heavy atom. The fourth-order valence-electron chi connectivity index (χ4n) is 1.99. The number of hydrogen-bond donors (Lipinski definition) is 1. The molecule has 0 fully saturated rings. The van der Waals surface area contributed by atoms with Crippen molar-refractivity contribution in [2.45, 2.75) is 20.8 Å². The van der Waals surface area contributed by atoms with Crippen molar-refractivity contribution in [1.29, 1.82) is 0 Å². The maximum absolute atomic E-state index is 12.0. The minimum atomic E-state index is -0.110. The fraction of sp³-hybridized carbons (Fsp3) is 0.333. The summed E-state index contributed by atoms with van der Waals surface area (Å²) in [6.45, 7) is 6.89. The third kappa shape index (κ3) is 3.60. The zero-order chi connectivity index (χ0) is 14.5. The molecular weight excluding hydrogens is 254 g/mol. The van der Waals surface area contributed by atoms with Crippen LogP contribution in [0.5, 0.6) is 0 Å². The Hall–Kier alpha value is -2.30. The standard InChI is InChI=1S/C15H19N3O2/c1-4-18(13-7-5-6-11(2)8-13)10-15(19)16-14-9-12(3)20-17-14/h5-9H,4,10H2,1-3H3,(H,16,17,19). The molecule has 5 heteroatoms. The Morgan fingerprint density at radius 1 is 1.35 bits per heavy atom. The lowest BCUT2D eigenvalue weighted by molar-refractivity contribution is -0.115. The second-order valence-electron chi connectivity index (χ2n) is 4.72. The van der Waals surface area contributed by atoms with Gasteiger partial charge in [0.1, 0.15) is 5.76 Å². The fourth-order valence-corrected chi connectivity index (χ4v) is 1.99. The number of rotatable bonds is 5. The van der Waals surface area contributed by atoms with Crippen molar-refractivity contribution in [3.8, 4) is 0 Å².